The molecule has 2 aliphatic rings. The normalized spacial score (nSPS) is 21.0. The Balaban J connectivity index is 1.43. The molecule has 5 nitrogen and oxygen atoms in total. The molecular weight excluding hydrogens is 409 g/mol. The van der Waals surface area contributed by atoms with Gasteiger partial charge in [-0.1, -0.05) is 37.1 Å². The first-order valence-corrected chi connectivity index (χ1v) is 11.5. The lowest BCUT2D eigenvalue weighted by Crippen LogP contribution is -2.43. The van der Waals surface area contributed by atoms with E-state index in [1.54, 1.807) is 19.1 Å². The maximum Gasteiger partial charge on any atom is 0.317 e. The molecule has 0 bridgehead atoms. The van der Waals surface area contributed by atoms with Crippen LogP contribution in [-0.4, -0.2) is 43.1 Å². The largest absolute Gasteiger partial charge is 0.492 e. The van der Waals surface area contributed by atoms with Crippen molar-refractivity contribution in [2.45, 2.75) is 39.0 Å². The molecule has 1 heterocycles. The van der Waals surface area contributed by atoms with Crippen LogP contribution in [0.5, 0.6) is 5.75 Å². The minimum Gasteiger partial charge on any atom is -0.492 e. The van der Waals surface area contributed by atoms with Crippen molar-refractivity contribution in [1.29, 1.82) is 0 Å². The summed E-state index contributed by atoms with van der Waals surface area (Å²) in [6.45, 7) is 3.15. The highest BCUT2D eigenvalue weighted by Crippen LogP contribution is 2.36. The fourth-order valence-electron chi connectivity index (χ4n) is 4.73. The molecule has 1 aliphatic carbocycles. The number of likely N-dealkylation sites (tertiary alicyclic amines) is 1. The monoisotopic (exact) mass is 439 g/mol. The zero-order valence-electron chi connectivity index (χ0n) is 18.5. The lowest BCUT2D eigenvalue weighted by Gasteiger charge is -2.28. The fraction of sp³-hybridized carbons (Fsp3) is 0.462. The highest BCUT2D eigenvalue weighted by atomic mass is 19.1. The molecule has 32 heavy (non-hydrogen) atoms. The van der Waals surface area contributed by atoms with E-state index in [9.17, 15) is 14.0 Å². The number of benzene rings is 2. The van der Waals surface area contributed by atoms with E-state index in [1.807, 2.05) is 29.2 Å². The first-order valence-electron chi connectivity index (χ1n) is 11.5. The second-order valence-corrected chi connectivity index (χ2v) is 8.81. The molecule has 2 fully saturated rings. The number of amides is 1. The molecule has 1 aliphatic heterocycles. The van der Waals surface area contributed by atoms with Crippen LogP contribution in [0.4, 0.5) is 4.39 Å². The van der Waals surface area contributed by atoms with Crippen LogP contribution >= 0.6 is 0 Å². The molecule has 2 aromatic carbocycles. The number of carbonyl (C=O) groups excluding carboxylic acids is 2. The van der Waals surface area contributed by atoms with Gasteiger partial charge in [-0.25, -0.2) is 4.39 Å². The van der Waals surface area contributed by atoms with E-state index >= 15 is 0 Å². The third-order valence-electron chi connectivity index (χ3n) is 6.63. The van der Waals surface area contributed by atoms with Crippen LogP contribution in [0.2, 0.25) is 0 Å². The minimum absolute atomic E-state index is 0.0907. The molecule has 4 rings (SSSR count). The summed E-state index contributed by atoms with van der Waals surface area (Å²) in [5.74, 6) is 0.324. The van der Waals surface area contributed by atoms with Crippen molar-refractivity contribution in [2.75, 3.05) is 26.3 Å². The smallest absolute Gasteiger partial charge is 0.317 e. The Hall–Kier alpha value is -2.89. The van der Waals surface area contributed by atoms with Crippen LogP contribution in [0.15, 0.2) is 48.5 Å². The van der Waals surface area contributed by atoms with Crippen molar-refractivity contribution < 1.29 is 23.5 Å². The number of nitrogens with zero attached hydrogens (tertiary/aromatic N) is 1. The highest BCUT2D eigenvalue weighted by molar-refractivity contribution is 5.83. The molecule has 6 heteroatoms. The van der Waals surface area contributed by atoms with Gasteiger partial charge in [-0.15, -0.1) is 0 Å². The number of halogens is 1. The summed E-state index contributed by atoms with van der Waals surface area (Å²) < 4.78 is 24.5. The Morgan fingerprint density at radius 3 is 2.28 bits per heavy atom. The molecule has 0 N–H and O–H groups in total. The van der Waals surface area contributed by atoms with Gasteiger partial charge in [0.2, 0.25) is 5.91 Å². The van der Waals surface area contributed by atoms with Gasteiger partial charge in [0, 0.05) is 19.0 Å². The average Bonchev–Trinajstić information content (AvgIpc) is 3.50. The van der Waals surface area contributed by atoms with E-state index < -0.39 is 5.41 Å². The van der Waals surface area contributed by atoms with Gasteiger partial charge in [0.1, 0.15) is 23.6 Å². The van der Waals surface area contributed by atoms with Crippen LogP contribution in [-0.2, 0) is 14.3 Å². The maximum absolute atomic E-state index is 13.2. The first-order chi connectivity index (χ1) is 15.5. The Morgan fingerprint density at radius 2 is 1.66 bits per heavy atom. The molecule has 0 radical (unpaired) electrons. The van der Waals surface area contributed by atoms with E-state index in [1.165, 1.54) is 12.1 Å². The predicted octanol–water partition coefficient (Wildman–Crippen LogP) is 4.84. The van der Waals surface area contributed by atoms with Crippen LogP contribution in [0.3, 0.4) is 0 Å². The van der Waals surface area contributed by atoms with Gasteiger partial charge in [-0.3, -0.25) is 9.59 Å². The Labute approximate surface area is 188 Å². The summed E-state index contributed by atoms with van der Waals surface area (Å²) in [7, 11) is 0. The van der Waals surface area contributed by atoms with Gasteiger partial charge in [0.15, 0.2) is 0 Å². The lowest BCUT2D eigenvalue weighted by molar-refractivity contribution is -0.157. The van der Waals surface area contributed by atoms with Crippen molar-refractivity contribution in [2.24, 2.45) is 11.3 Å². The molecular formula is C26H30FNO4. The summed E-state index contributed by atoms with van der Waals surface area (Å²) in [6, 6.07) is 13.8. The number of rotatable bonds is 7. The molecule has 170 valence electrons. The van der Waals surface area contributed by atoms with Crippen molar-refractivity contribution >= 4 is 11.9 Å². The number of hydrogen-bond donors (Lipinski definition) is 0. The van der Waals surface area contributed by atoms with Gasteiger partial charge in [-0.2, -0.15) is 0 Å². The summed E-state index contributed by atoms with van der Waals surface area (Å²) in [5.41, 5.74) is 1.02. The molecule has 1 saturated heterocycles. The summed E-state index contributed by atoms with van der Waals surface area (Å²) in [5, 5.41) is 0. The van der Waals surface area contributed by atoms with E-state index in [0.29, 0.717) is 31.9 Å². The quantitative estimate of drug-likeness (QED) is 0.579. The van der Waals surface area contributed by atoms with Gasteiger partial charge >= 0.3 is 5.97 Å². The molecule has 1 saturated carbocycles. The predicted molar refractivity (Wildman–Crippen MR) is 120 cm³/mol. The number of hydrogen-bond acceptors (Lipinski definition) is 4. The van der Waals surface area contributed by atoms with E-state index in [2.05, 4.69) is 0 Å². The Bertz CT molecular complexity index is 937. The summed E-state index contributed by atoms with van der Waals surface area (Å²) in [4.78, 5) is 27.6. The van der Waals surface area contributed by atoms with E-state index in [4.69, 9.17) is 9.47 Å². The first kappa shape index (κ1) is 22.3. The van der Waals surface area contributed by atoms with Crippen LogP contribution in [0.1, 0.15) is 39.0 Å². The zero-order chi connectivity index (χ0) is 22.6. The lowest BCUT2D eigenvalue weighted by atomic mass is 9.88. The fourth-order valence-corrected chi connectivity index (χ4v) is 4.73. The molecule has 0 aromatic heterocycles. The van der Waals surface area contributed by atoms with Crippen molar-refractivity contribution in [3.05, 3.63) is 54.3 Å². The summed E-state index contributed by atoms with van der Waals surface area (Å²) in [6.07, 6.45) is 4.63. The van der Waals surface area contributed by atoms with Crippen molar-refractivity contribution in [3.8, 4) is 16.9 Å². The van der Waals surface area contributed by atoms with E-state index in [0.717, 1.165) is 36.8 Å². The van der Waals surface area contributed by atoms with Crippen molar-refractivity contribution in [3.63, 3.8) is 0 Å². The van der Waals surface area contributed by atoms with Gasteiger partial charge < -0.3 is 14.4 Å². The minimum atomic E-state index is -0.847. The second-order valence-electron chi connectivity index (χ2n) is 8.81. The third kappa shape index (κ3) is 4.79. The van der Waals surface area contributed by atoms with Gasteiger partial charge in [0.05, 0.1) is 6.61 Å². The van der Waals surface area contributed by atoms with Crippen LogP contribution in [0, 0.1) is 17.2 Å². The summed E-state index contributed by atoms with van der Waals surface area (Å²) >= 11 is 0. The highest BCUT2D eigenvalue weighted by Gasteiger charge is 2.49. The molecule has 1 amide bonds. The number of ether oxygens (including phenoxy) is 2. The van der Waals surface area contributed by atoms with E-state index in [-0.39, 0.29) is 30.2 Å². The molecule has 2 aromatic rings. The SMILES string of the molecule is CCOC(=O)C1(COc2ccc(-c3ccc(F)cc3)cc2)CCN(C(=O)C2CCCC2)C1. The molecule has 1 atom stereocenters. The molecule has 0 spiro atoms. The number of esters is 1. The third-order valence-corrected chi connectivity index (χ3v) is 6.63. The number of carbonyl (C=O) groups is 2. The maximum atomic E-state index is 13.2. The van der Waals surface area contributed by atoms with Gasteiger partial charge in [0.25, 0.3) is 0 Å². The average molecular weight is 440 g/mol. The van der Waals surface area contributed by atoms with Gasteiger partial charge in [-0.05, 0) is 61.6 Å². The zero-order valence-corrected chi connectivity index (χ0v) is 18.5. The van der Waals surface area contributed by atoms with Crippen molar-refractivity contribution in [1.82, 2.24) is 4.90 Å². The van der Waals surface area contributed by atoms with Crippen LogP contribution < -0.4 is 4.74 Å². The standard InChI is InChI=1S/C26H30FNO4/c1-2-31-25(30)26(15-16-28(17-26)24(29)21-5-3-4-6-21)18-32-23-13-9-20(10-14-23)19-7-11-22(27)12-8-19/h7-14,21H,2-6,15-18H2,1H3. The topological polar surface area (TPSA) is 55.8 Å². The van der Waals surface area contributed by atoms with Crippen LogP contribution in [0.25, 0.3) is 11.1 Å². The Morgan fingerprint density at radius 1 is 1.03 bits per heavy atom. The second kappa shape index (κ2) is 9.72. The Kier molecular flexibility index (Phi) is 6.77. The molecule has 1 unspecified atom stereocenters.